The minimum Gasteiger partial charge on any atom is -0.399 e. The molecule has 2 aromatic rings. The van der Waals surface area contributed by atoms with Crippen molar-refractivity contribution in [3.63, 3.8) is 0 Å². The summed E-state index contributed by atoms with van der Waals surface area (Å²) in [5.41, 5.74) is -0.466. The second-order valence-electron chi connectivity index (χ2n) is 5.56. The van der Waals surface area contributed by atoms with E-state index < -0.39 is 36.1 Å². The van der Waals surface area contributed by atoms with Crippen LogP contribution in [0, 0.1) is 20.2 Å². The molecule has 1 aliphatic rings. The molecule has 1 saturated carbocycles. The van der Waals surface area contributed by atoms with Gasteiger partial charge in [-0.3, -0.25) is 20.2 Å². The van der Waals surface area contributed by atoms with E-state index in [1.807, 2.05) is 0 Å². The minimum absolute atomic E-state index is 0.00107. The molecule has 0 N–H and O–H groups in total. The van der Waals surface area contributed by atoms with Crippen molar-refractivity contribution < 1.29 is 26.6 Å². The highest BCUT2D eigenvalue weighted by Gasteiger charge is 2.59. The first kappa shape index (κ1) is 18.9. The van der Waals surface area contributed by atoms with Gasteiger partial charge in [0.2, 0.25) is 22.2 Å². The Morgan fingerprint density at radius 2 is 1.22 bits per heavy atom. The van der Waals surface area contributed by atoms with Gasteiger partial charge in [0, 0.05) is 12.1 Å². The number of hydrogen-bond acceptors (Lipinski definition) is 8. The van der Waals surface area contributed by atoms with Gasteiger partial charge in [0.25, 0.3) is 11.4 Å². The maximum absolute atomic E-state index is 12.5. The third kappa shape index (κ3) is 4.11. The standard InChI is InChI=1S/C15H12N2O8S2/c18-16(19)11-3-1-5-13(9-11)24-26(22)15(7-8-15)27(23)25-14-6-2-4-12(10-14)17(20)21/h1-6,9-10H,7-8H2. The van der Waals surface area contributed by atoms with Gasteiger partial charge < -0.3 is 8.37 Å². The van der Waals surface area contributed by atoms with Crippen molar-refractivity contribution in [2.45, 2.75) is 16.9 Å². The monoisotopic (exact) mass is 412 g/mol. The largest absolute Gasteiger partial charge is 0.399 e. The first-order chi connectivity index (χ1) is 12.8. The van der Waals surface area contributed by atoms with E-state index in [-0.39, 0.29) is 35.7 Å². The lowest BCUT2D eigenvalue weighted by Gasteiger charge is -2.14. The molecular weight excluding hydrogens is 400 g/mol. The van der Waals surface area contributed by atoms with E-state index in [1.165, 1.54) is 36.4 Å². The van der Waals surface area contributed by atoms with Crippen molar-refractivity contribution >= 4 is 33.5 Å². The Morgan fingerprint density at radius 1 is 0.815 bits per heavy atom. The molecule has 1 aliphatic carbocycles. The van der Waals surface area contributed by atoms with E-state index in [0.717, 1.165) is 12.1 Å². The van der Waals surface area contributed by atoms with Crippen molar-refractivity contribution in [2.24, 2.45) is 0 Å². The van der Waals surface area contributed by atoms with E-state index in [1.54, 1.807) is 0 Å². The fourth-order valence-corrected chi connectivity index (χ4v) is 4.50. The average molecular weight is 412 g/mol. The topological polar surface area (TPSA) is 139 Å². The number of non-ortho nitro benzene ring substituents is 2. The third-order valence-corrected chi connectivity index (χ3v) is 7.20. The molecule has 0 aromatic heterocycles. The van der Waals surface area contributed by atoms with Crippen molar-refractivity contribution in [3.8, 4) is 11.5 Å². The summed E-state index contributed by atoms with van der Waals surface area (Å²) >= 11 is -4.18. The normalized spacial score (nSPS) is 16.7. The van der Waals surface area contributed by atoms with Crippen LogP contribution < -0.4 is 8.37 Å². The average Bonchev–Trinajstić information content (AvgIpc) is 3.44. The second kappa shape index (κ2) is 7.40. The molecule has 0 amide bonds. The van der Waals surface area contributed by atoms with Crippen LogP contribution in [0.25, 0.3) is 0 Å². The molecule has 10 nitrogen and oxygen atoms in total. The van der Waals surface area contributed by atoms with Crippen molar-refractivity contribution in [1.82, 2.24) is 0 Å². The molecule has 12 heteroatoms. The Morgan fingerprint density at radius 3 is 1.56 bits per heavy atom. The van der Waals surface area contributed by atoms with Gasteiger partial charge in [-0.15, -0.1) is 0 Å². The second-order valence-corrected chi connectivity index (χ2v) is 8.65. The predicted octanol–water partition coefficient (Wildman–Crippen LogP) is 2.78. The molecule has 2 aromatic carbocycles. The van der Waals surface area contributed by atoms with Crippen LogP contribution in [0.3, 0.4) is 0 Å². The van der Waals surface area contributed by atoms with Crippen LogP contribution in [0.2, 0.25) is 0 Å². The maximum Gasteiger partial charge on any atom is 0.273 e. The lowest BCUT2D eigenvalue weighted by molar-refractivity contribution is -0.385. The van der Waals surface area contributed by atoms with Crippen LogP contribution in [-0.2, 0) is 22.2 Å². The molecule has 0 saturated heterocycles. The lowest BCUT2D eigenvalue weighted by atomic mass is 10.3. The van der Waals surface area contributed by atoms with Gasteiger partial charge in [0.15, 0.2) is 4.08 Å². The minimum atomic E-state index is -2.09. The van der Waals surface area contributed by atoms with Gasteiger partial charge in [0.1, 0.15) is 11.5 Å². The Hall–Kier alpha value is -2.86. The molecular formula is C15H12N2O8S2. The number of benzene rings is 2. The highest BCUT2D eigenvalue weighted by atomic mass is 32.3. The number of hydrogen-bond donors (Lipinski definition) is 0. The Labute approximate surface area is 157 Å². The molecule has 142 valence electrons. The number of nitro groups is 2. The Bertz CT molecular complexity index is 887. The molecule has 0 bridgehead atoms. The molecule has 0 aliphatic heterocycles. The van der Waals surface area contributed by atoms with Crippen molar-refractivity contribution in [2.75, 3.05) is 0 Å². The summed E-state index contributed by atoms with van der Waals surface area (Å²) in [5.74, 6) is 0.00214. The van der Waals surface area contributed by atoms with Crippen LogP contribution in [0.4, 0.5) is 11.4 Å². The fraction of sp³-hybridized carbons (Fsp3) is 0.200. The number of nitrogens with zero attached hydrogens (tertiary/aromatic N) is 2. The number of nitro benzene ring substituents is 2. The van der Waals surface area contributed by atoms with Crippen LogP contribution in [-0.4, -0.2) is 22.3 Å². The van der Waals surface area contributed by atoms with Gasteiger partial charge in [0.05, 0.1) is 22.0 Å². The van der Waals surface area contributed by atoms with Gasteiger partial charge in [-0.05, 0) is 25.0 Å². The van der Waals surface area contributed by atoms with E-state index in [0.29, 0.717) is 0 Å². The highest BCUT2D eigenvalue weighted by Crippen LogP contribution is 2.46. The summed E-state index contributed by atoms with van der Waals surface area (Å²) in [5, 5.41) is 21.6. The van der Waals surface area contributed by atoms with Crippen LogP contribution in [0.5, 0.6) is 11.5 Å². The summed E-state index contributed by atoms with van der Waals surface area (Å²) in [6.45, 7) is 0. The Balaban J connectivity index is 1.72. The summed E-state index contributed by atoms with van der Waals surface area (Å²) in [4.78, 5) is 20.3. The van der Waals surface area contributed by atoms with E-state index in [2.05, 4.69) is 0 Å². The summed E-state index contributed by atoms with van der Waals surface area (Å²) in [7, 11) is 0. The summed E-state index contributed by atoms with van der Waals surface area (Å²) < 4.78 is 34.2. The van der Waals surface area contributed by atoms with Crippen molar-refractivity contribution in [1.29, 1.82) is 0 Å². The summed E-state index contributed by atoms with van der Waals surface area (Å²) in [6.07, 6.45) is 0.576. The zero-order valence-corrected chi connectivity index (χ0v) is 15.1. The summed E-state index contributed by atoms with van der Waals surface area (Å²) in [6, 6.07) is 10.3. The molecule has 2 atom stereocenters. The maximum atomic E-state index is 12.5. The van der Waals surface area contributed by atoms with Gasteiger partial charge in [-0.1, -0.05) is 12.1 Å². The van der Waals surface area contributed by atoms with E-state index in [4.69, 9.17) is 8.37 Å². The third-order valence-electron chi connectivity index (χ3n) is 3.67. The zero-order valence-electron chi connectivity index (χ0n) is 13.5. The molecule has 0 radical (unpaired) electrons. The molecule has 3 rings (SSSR count). The fourth-order valence-electron chi connectivity index (χ4n) is 2.12. The molecule has 0 spiro atoms. The first-order valence-electron chi connectivity index (χ1n) is 7.51. The predicted molar refractivity (Wildman–Crippen MR) is 95.7 cm³/mol. The van der Waals surface area contributed by atoms with Crippen LogP contribution in [0.15, 0.2) is 48.5 Å². The smallest absolute Gasteiger partial charge is 0.273 e. The lowest BCUT2D eigenvalue weighted by Crippen LogP contribution is -2.29. The van der Waals surface area contributed by atoms with Gasteiger partial charge in [-0.25, -0.2) is 8.42 Å². The van der Waals surface area contributed by atoms with Crippen LogP contribution >= 0.6 is 0 Å². The zero-order chi connectivity index (χ0) is 19.6. The molecule has 1 fully saturated rings. The van der Waals surface area contributed by atoms with E-state index in [9.17, 15) is 28.6 Å². The molecule has 2 unspecified atom stereocenters. The van der Waals surface area contributed by atoms with Gasteiger partial charge in [-0.2, -0.15) is 0 Å². The van der Waals surface area contributed by atoms with E-state index >= 15 is 0 Å². The number of rotatable bonds is 8. The molecule has 27 heavy (non-hydrogen) atoms. The first-order valence-corrected chi connectivity index (χ1v) is 9.66. The SMILES string of the molecule is O=[N+]([O-])c1cccc(OS(=O)C2(S(=O)Oc3cccc([N+](=O)[O-])c3)CC2)c1. The molecule has 0 heterocycles. The van der Waals surface area contributed by atoms with Gasteiger partial charge >= 0.3 is 0 Å². The van der Waals surface area contributed by atoms with Crippen molar-refractivity contribution in [3.05, 3.63) is 68.8 Å². The highest BCUT2D eigenvalue weighted by molar-refractivity contribution is 8.00. The van der Waals surface area contributed by atoms with Crippen LogP contribution in [0.1, 0.15) is 12.8 Å². The Kier molecular flexibility index (Phi) is 5.19. The quantitative estimate of drug-likeness (QED) is 0.476.